The average Bonchev–Trinajstić information content (AvgIpc) is 2.96. The van der Waals surface area contributed by atoms with Crippen molar-refractivity contribution >= 4 is 27.0 Å². The predicted molar refractivity (Wildman–Crippen MR) is 105 cm³/mol. The molecule has 1 atom stereocenters. The number of benzene rings is 1. The fraction of sp³-hybridized carbons (Fsp3) is 0.333. The quantitative estimate of drug-likeness (QED) is 0.446. The molecule has 7 nitrogen and oxygen atoms in total. The monoisotopic (exact) mass is 417 g/mol. The highest BCUT2D eigenvalue weighted by molar-refractivity contribution is 9.10. The fourth-order valence-electron chi connectivity index (χ4n) is 2.75. The SMILES string of the molecule is CC(CNCN=O)COc1ccccc1-c1nn(C)c2ncc(Br)cc12. The zero-order valence-electron chi connectivity index (χ0n) is 14.6. The Bertz CT molecular complexity index is 912. The number of nitrogens with one attached hydrogen (secondary N) is 1. The van der Waals surface area contributed by atoms with E-state index in [1.54, 1.807) is 10.9 Å². The molecule has 3 rings (SSSR count). The Balaban J connectivity index is 1.86. The number of rotatable bonds is 8. The predicted octanol–water partition coefficient (Wildman–Crippen LogP) is 3.73. The number of aryl methyl sites for hydroxylation is 1. The number of pyridine rings is 1. The number of nitrogens with zero attached hydrogens (tertiary/aromatic N) is 4. The maximum Gasteiger partial charge on any atom is 0.158 e. The molecule has 0 spiro atoms. The topological polar surface area (TPSA) is 81.4 Å². The highest BCUT2D eigenvalue weighted by Gasteiger charge is 2.16. The third-order valence-corrected chi connectivity index (χ3v) is 4.41. The second-order valence-corrected chi connectivity index (χ2v) is 7.07. The summed E-state index contributed by atoms with van der Waals surface area (Å²) in [6.07, 6.45) is 1.76. The second-order valence-electron chi connectivity index (χ2n) is 6.15. The molecule has 3 aromatic rings. The van der Waals surface area contributed by atoms with Gasteiger partial charge in [0.25, 0.3) is 0 Å². The van der Waals surface area contributed by atoms with Gasteiger partial charge in [0.1, 0.15) is 18.1 Å². The number of aromatic nitrogens is 3. The molecule has 1 aromatic carbocycles. The van der Waals surface area contributed by atoms with Gasteiger partial charge in [0.05, 0.1) is 6.61 Å². The molecule has 0 saturated carbocycles. The number of hydrogen-bond acceptors (Lipinski definition) is 6. The van der Waals surface area contributed by atoms with Crippen molar-refractivity contribution in [2.45, 2.75) is 6.92 Å². The Morgan fingerprint density at radius 1 is 1.38 bits per heavy atom. The number of ether oxygens (including phenoxy) is 1. The third kappa shape index (κ3) is 4.08. The van der Waals surface area contributed by atoms with Crippen LogP contribution in [0.3, 0.4) is 0 Å². The van der Waals surface area contributed by atoms with Crippen LogP contribution in [0.2, 0.25) is 0 Å². The summed E-state index contributed by atoms with van der Waals surface area (Å²) in [5, 5.41) is 11.4. The molecule has 1 N–H and O–H groups in total. The number of para-hydroxylation sites is 1. The largest absolute Gasteiger partial charge is 0.493 e. The third-order valence-electron chi connectivity index (χ3n) is 3.98. The summed E-state index contributed by atoms with van der Waals surface area (Å²) in [5.41, 5.74) is 2.58. The molecule has 2 heterocycles. The Morgan fingerprint density at radius 2 is 2.19 bits per heavy atom. The number of fused-ring (bicyclic) bond motifs is 1. The van der Waals surface area contributed by atoms with Crippen LogP contribution in [0.25, 0.3) is 22.3 Å². The summed E-state index contributed by atoms with van der Waals surface area (Å²) in [7, 11) is 1.88. The van der Waals surface area contributed by atoms with Crippen LogP contribution in [0.1, 0.15) is 6.92 Å². The van der Waals surface area contributed by atoms with Gasteiger partial charge in [0.2, 0.25) is 0 Å². The minimum Gasteiger partial charge on any atom is -0.493 e. The molecule has 0 aliphatic carbocycles. The molecule has 0 amide bonds. The summed E-state index contributed by atoms with van der Waals surface area (Å²) in [6, 6.07) is 9.86. The molecule has 2 aromatic heterocycles. The van der Waals surface area contributed by atoms with Gasteiger partial charge in [-0.15, -0.1) is 4.91 Å². The lowest BCUT2D eigenvalue weighted by molar-refractivity contribution is 0.257. The van der Waals surface area contributed by atoms with Crippen molar-refractivity contribution in [3.05, 3.63) is 45.9 Å². The Labute approximate surface area is 159 Å². The van der Waals surface area contributed by atoms with Crippen molar-refractivity contribution in [3.8, 4) is 17.0 Å². The van der Waals surface area contributed by atoms with Gasteiger partial charge in [0, 0.05) is 41.1 Å². The molecule has 26 heavy (non-hydrogen) atoms. The van der Waals surface area contributed by atoms with E-state index >= 15 is 0 Å². The lowest BCUT2D eigenvalue weighted by Crippen LogP contribution is -2.25. The Hall–Kier alpha value is -2.32. The molecule has 0 aliphatic rings. The molecular weight excluding hydrogens is 398 g/mol. The molecule has 0 aliphatic heterocycles. The van der Waals surface area contributed by atoms with E-state index in [1.165, 1.54) is 0 Å². The standard InChI is InChI=1S/C18H20BrN5O2/c1-12(8-20-11-22-25)10-26-16-6-4-3-5-14(16)17-15-7-13(19)9-21-18(15)24(2)23-17/h3-7,9,12,20H,8,10-11H2,1-2H3. The summed E-state index contributed by atoms with van der Waals surface area (Å²) < 4.78 is 8.72. The van der Waals surface area contributed by atoms with Gasteiger partial charge in [-0.05, 0) is 34.1 Å². The van der Waals surface area contributed by atoms with E-state index in [1.807, 2.05) is 37.4 Å². The first-order valence-electron chi connectivity index (χ1n) is 8.30. The van der Waals surface area contributed by atoms with Gasteiger partial charge in [-0.2, -0.15) is 5.10 Å². The first-order valence-corrected chi connectivity index (χ1v) is 9.09. The molecule has 136 valence electrons. The Morgan fingerprint density at radius 3 is 3.00 bits per heavy atom. The van der Waals surface area contributed by atoms with Gasteiger partial charge in [-0.1, -0.05) is 24.2 Å². The van der Waals surface area contributed by atoms with Crippen LogP contribution in [-0.2, 0) is 7.05 Å². The molecule has 0 fully saturated rings. The summed E-state index contributed by atoms with van der Waals surface area (Å²) in [6.45, 7) is 3.35. The van der Waals surface area contributed by atoms with Crippen LogP contribution < -0.4 is 10.1 Å². The van der Waals surface area contributed by atoms with Crippen molar-refractivity contribution < 1.29 is 4.74 Å². The van der Waals surface area contributed by atoms with E-state index in [9.17, 15) is 4.91 Å². The summed E-state index contributed by atoms with van der Waals surface area (Å²) in [4.78, 5) is 14.6. The second kappa shape index (κ2) is 8.37. The number of halogens is 1. The van der Waals surface area contributed by atoms with Gasteiger partial charge < -0.3 is 4.74 Å². The van der Waals surface area contributed by atoms with Gasteiger partial charge in [-0.25, -0.2) is 9.67 Å². The molecule has 1 unspecified atom stereocenters. The van der Waals surface area contributed by atoms with Crippen molar-refractivity contribution in [2.24, 2.45) is 18.1 Å². The zero-order chi connectivity index (χ0) is 18.5. The first-order chi connectivity index (χ1) is 12.6. The van der Waals surface area contributed by atoms with E-state index in [0.29, 0.717) is 13.2 Å². The lowest BCUT2D eigenvalue weighted by Gasteiger charge is -2.15. The van der Waals surface area contributed by atoms with E-state index < -0.39 is 0 Å². The average molecular weight is 418 g/mol. The van der Waals surface area contributed by atoms with E-state index in [-0.39, 0.29) is 12.6 Å². The van der Waals surface area contributed by atoms with Crippen molar-refractivity contribution in [2.75, 3.05) is 19.8 Å². The van der Waals surface area contributed by atoms with E-state index in [2.05, 4.69) is 43.4 Å². The van der Waals surface area contributed by atoms with Crippen molar-refractivity contribution in [1.29, 1.82) is 0 Å². The summed E-state index contributed by atoms with van der Waals surface area (Å²) >= 11 is 3.48. The van der Waals surface area contributed by atoms with Crippen LogP contribution in [0.5, 0.6) is 5.75 Å². The fourth-order valence-corrected chi connectivity index (χ4v) is 3.08. The van der Waals surface area contributed by atoms with E-state index in [4.69, 9.17) is 4.74 Å². The first kappa shape index (κ1) is 18.5. The van der Waals surface area contributed by atoms with Gasteiger partial charge >= 0.3 is 0 Å². The smallest absolute Gasteiger partial charge is 0.158 e. The highest BCUT2D eigenvalue weighted by atomic mass is 79.9. The normalized spacial score (nSPS) is 12.3. The van der Waals surface area contributed by atoms with Crippen LogP contribution in [-0.4, -0.2) is 34.6 Å². The highest BCUT2D eigenvalue weighted by Crippen LogP contribution is 2.34. The molecule has 0 saturated heterocycles. The van der Waals surface area contributed by atoms with E-state index in [0.717, 1.165) is 32.5 Å². The zero-order valence-corrected chi connectivity index (χ0v) is 16.2. The molecule has 8 heteroatoms. The maximum atomic E-state index is 10.1. The minimum atomic E-state index is 0.114. The van der Waals surface area contributed by atoms with Crippen LogP contribution in [0, 0.1) is 10.8 Å². The molecular formula is C18H20BrN5O2. The summed E-state index contributed by atoms with van der Waals surface area (Å²) in [5.74, 6) is 1.01. The maximum absolute atomic E-state index is 10.1. The van der Waals surface area contributed by atoms with Gasteiger partial charge in [-0.3, -0.25) is 5.32 Å². The molecule has 0 bridgehead atoms. The van der Waals surface area contributed by atoms with Crippen LogP contribution in [0.15, 0.2) is 46.2 Å². The van der Waals surface area contributed by atoms with Gasteiger partial charge in [0.15, 0.2) is 5.65 Å². The number of nitroso groups, excluding NO2 is 1. The lowest BCUT2D eigenvalue weighted by atomic mass is 10.1. The number of hydrogen-bond donors (Lipinski definition) is 1. The van der Waals surface area contributed by atoms with Crippen molar-refractivity contribution in [3.63, 3.8) is 0 Å². The Kier molecular flexibility index (Phi) is 5.95. The van der Waals surface area contributed by atoms with Crippen LogP contribution in [0.4, 0.5) is 0 Å². The molecule has 0 radical (unpaired) electrons. The minimum absolute atomic E-state index is 0.114. The van der Waals surface area contributed by atoms with Crippen molar-refractivity contribution in [1.82, 2.24) is 20.1 Å². The van der Waals surface area contributed by atoms with Crippen LogP contribution >= 0.6 is 15.9 Å².